The molecule has 0 saturated heterocycles. The van der Waals surface area contributed by atoms with Crippen LogP contribution < -0.4 is 0 Å². The molecule has 0 aliphatic heterocycles. The van der Waals surface area contributed by atoms with Crippen LogP contribution in [0.3, 0.4) is 0 Å². The van der Waals surface area contributed by atoms with Gasteiger partial charge in [0, 0.05) is 24.8 Å². The Morgan fingerprint density at radius 1 is 0.500 bits per heavy atom. The van der Waals surface area contributed by atoms with Crippen molar-refractivity contribution in [2.75, 3.05) is 0 Å². The molecule has 5 heteroatoms. The van der Waals surface area contributed by atoms with E-state index < -0.39 is 11.8 Å². The molecule has 0 aliphatic carbocycles. The van der Waals surface area contributed by atoms with Crippen molar-refractivity contribution in [3.63, 3.8) is 0 Å². The SMILES string of the molecule is O=C(C(c1ccccn1)c1ccccn1)C(c1ccccn1)c1ccccn1. The minimum absolute atomic E-state index is 0.0604. The average Bonchev–Trinajstić information content (AvgIpc) is 2.77. The monoisotopic (exact) mass is 366 g/mol. The molecule has 0 amide bonds. The van der Waals surface area contributed by atoms with Crippen molar-refractivity contribution < 1.29 is 4.79 Å². The van der Waals surface area contributed by atoms with Gasteiger partial charge in [0.05, 0.1) is 22.8 Å². The molecule has 4 rings (SSSR count). The van der Waals surface area contributed by atoms with Crippen molar-refractivity contribution in [1.82, 2.24) is 19.9 Å². The van der Waals surface area contributed by atoms with Crippen molar-refractivity contribution in [2.24, 2.45) is 0 Å². The fourth-order valence-electron chi connectivity index (χ4n) is 3.24. The van der Waals surface area contributed by atoms with Crippen LogP contribution in [-0.4, -0.2) is 25.7 Å². The first kappa shape index (κ1) is 17.7. The zero-order valence-electron chi connectivity index (χ0n) is 15.1. The topological polar surface area (TPSA) is 68.6 Å². The predicted octanol–water partition coefficient (Wildman–Crippen LogP) is 3.80. The first-order valence-electron chi connectivity index (χ1n) is 9.02. The molecule has 0 atom stereocenters. The van der Waals surface area contributed by atoms with Crippen molar-refractivity contribution in [1.29, 1.82) is 0 Å². The summed E-state index contributed by atoms with van der Waals surface area (Å²) in [6.07, 6.45) is 6.76. The highest BCUT2D eigenvalue weighted by Gasteiger charge is 2.34. The molecule has 0 aliphatic rings. The summed E-state index contributed by atoms with van der Waals surface area (Å²) in [5.74, 6) is -1.29. The van der Waals surface area contributed by atoms with Crippen LogP contribution in [0.4, 0.5) is 0 Å². The molecule has 0 N–H and O–H groups in total. The van der Waals surface area contributed by atoms with Gasteiger partial charge in [0.2, 0.25) is 0 Å². The molecule has 0 fully saturated rings. The Balaban J connectivity index is 1.85. The van der Waals surface area contributed by atoms with Gasteiger partial charge in [-0.3, -0.25) is 24.7 Å². The highest BCUT2D eigenvalue weighted by atomic mass is 16.1. The first-order valence-corrected chi connectivity index (χ1v) is 9.02. The van der Waals surface area contributed by atoms with Crippen molar-refractivity contribution in [3.05, 3.63) is 120 Å². The molecule has 136 valence electrons. The summed E-state index contributed by atoms with van der Waals surface area (Å²) in [5, 5.41) is 0. The second kappa shape index (κ2) is 8.31. The van der Waals surface area contributed by atoms with Gasteiger partial charge in [0.1, 0.15) is 11.8 Å². The van der Waals surface area contributed by atoms with Gasteiger partial charge in [-0.2, -0.15) is 0 Å². The Bertz CT molecular complexity index is 861. The molecule has 0 saturated carbocycles. The van der Waals surface area contributed by atoms with E-state index >= 15 is 0 Å². The molecule has 0 unspecified atom stereocenters. The first-order chi connectivity index (χ1) is 13.8. The number of pyridine rings is 4. The van der Waals surface area contributed by atoms with E-state index in [-0.39, 0.29) is 5.78 Å². The maximum atomic E-state index is 13.9. The Labute approximate surface area is 163 Å². The van der Waals surface area contributed by atoms with Crippen molar-refractivity contribution in [2.45, 2.75) is 11.8 Å². The fourth-order valence-corrected chi connectivity index (χ4v) is 3.24. The highest BCUT2D eigenvalue weighted by molar-refractivity contribution is 5.95. The zero-order valence-corrected chi connectivity index (χ0v) is 15.1. The number of hydrogen-bond acceptors (Lipinski definition) is 5. The van der Waals surface area contributed by atoms with E-state index in [4.69, 9.17) is 0 Å². The fraction of sp³-hybridized carbons (Fsp3) is 0.0870. The van der Waals surface area contributed by atoms with Crippen molar-refractivity contribution >= 4 is 5.78 Å². The summed E-state index contributed by atoms with van der Waals surface area (Å²) < 4.78 is 0. The van der Waals surface area contributed by atoms with Gasteiger partial charge in [-0.15, -0.1) is 0 Å². The van der Waals surface area contributed by atoms with Crippen LogP contribution in [0.25, 0.3) is 0 Å². The molecule has 4 aromatic heterocycles. The molecular formula is C23H18N4O. The van der Waals surface area contributed by atoms with Crippen LogP contribution in [0.15, 0.2) is 97.6 Å². The van der Waals surface area contributed by atoms with Gasteiger partial charge >= 0.3 is 0 Å². The summed E-state index contributed by atoms with van der Waals surface area (Å²) in [7, 11) is 0. The summed E-state index contributed by atoms with van der Waals surface area (Å²) in [4.78, 5) is 31.7. The molecule has 4 aromatic rings. The zero-order chi connectivity index (χ0) is 19.2. The average molecular weight is 366 g/mol. The van der Waals surface area contributed by atoms with Crippen LogP contribution in [0, 0.1) is 0 Å². The van der Waals surface area contributed by atoms with Crippen LogP contribution in [0.2, 0.25) is 0 Å². The van der Waals surface area contributed by atoms with E-state index in [1.165, 1.54) is 0 Å². The predicted molar refractivity (Wildman–Crippen MR) is 106 cm³/mol. The van der Waals surface area contributed by atoms with E-state index in [1.54, 1.807) is 24.8 Å². The van der Waals surface area contributed by atoms with Crippen LogP contribution in [-0.2, 0) is 4.79 Å². The van der Waals surface area contributed by atoms with E-state index in [9.17, 15) is 4.79 Å². The van der Waals surface area contributed by atoms with Gasteiger partial charge in [-0.1, -0.05) is 24.3 Å². The van der Waals surface area contributed by atoms with Crippen LogP contribution in [0.1, 0.15) is 34.6 Å². The van der Waals surface area contributed by atoms with Crippen LogP contribution >= 0.6 is 0 Å². The number of Topliss-reactive ketones (excluding diaryl/α,β-unsaturated/α-hetero) is 1. The molecule has 0 bridgehead atoms. The van der Waals surface area contributed by atoms with Crippen molar-refractivity contribution in [3.8, 4) is 0 Å². The van der Waals surface area contributed by atoms with Gasteiger partial charge in [-0.25, -0.2) is 0 Å². The Kier molecular flexibility index (Phi) is 5.24. The number of carbonyl (C=O) groups excluding carboxylic acids is 1. The van der Waals surface area contributed by atoms with Crippen LogP contribution in [0.5, 0.6) is 0 Å². The lowest BCUT2D eigenvalue weighted by atomic mass is 9.83. The van der Waals surface area contributed by atoms with E-state index in [0.29, 0.717) is 22.8 Å². The second-order valence-corrected chi connectivity index (χ2v) is 6.29. The summed E-state index contributed by atoms with van der Waals surface area (Å²) >= 11 is 0. The number of hydrogen-bond donors (Lipinski definition) is 0. The Morgan fingerprint density at radius 2 is 0.786 bits per heavy atom. The summed E-state index contributed by atoms with van der Waals surface area (Å²) in [5.41, 5.74) is 2.62. The minimum atomic E-state index is -0.614. The maximum absolute atomic E-state index is 13.9. The standard InChI is InChI=1S/C23H18N4O/c28-23(21(17-9-1-5-13-24-17)18-10-2-6-14-25-18)22(19-11-3-7-15-26-19)20-12-4-8-16-27-20/h1-16,21-22H. The number of nitrogens with zero attached hydrogens (tertiary/aromatic N) is 4. The normalized spacial score (nSPS) is 10.9. The molecule has 0 aromatic carbocycles. The van der Waals surface area contributed by atoms with E-state index in [2.05, 4.69) is 19.9 Å². The lowest BCUT2D eigenvalue weighted by molar-refractivity contribution is -0.120. The van der Waals surface area contributed by atoms with E-state index in [0.717, 1.165) is 0 Å². The number of rotatable bonds is 6. The second-order valence-electron chi connectivity index (χ2n) is 6.29. The molecule has 0 spiro atoms. The smallest absolute Gasteiger partial charge is 0.162 e. The van der Waals surface area contributed by atoms with Gasteiger partial charge in [-0.05, 0) is 48.5 Å². The molecule has 5 nitrogen and oxygen atoms in total. The van der Waals surface area contributed by atoms with Gasteiger partial charge in [0.25, 0.3) is 0 Å². The Morgan fingerprint density at radius 3 is 1.00 bits per heavy atom. The molecule has 28 heavy (non-hydrogen) atoms. The number of ketones is 1. The van der Waals surface area contributed by atoms with E-state index in [1.807, 2.05) is 72.8 Å². The minimum Gasteiger partial charge on any atom is -0.297 e. The third kappa shape index (κ3) is 3.69. The number of aromatic nitrogens is 4. The lowest BCUT2D eigenvalue weighted by Gasteiger charge is -2.21. The van der Waals surface area contributed by atoms with Gasteiger partial charge < -0.3 is 0 Å². The Hall–Kier alpha value is -3.73. The summed E-state index contributed by atoms with van der Waals surface area (Å²) in [6, 6.07) is 22.2. The quantitative estimate of drug-likeness (QED) is 0.519. The maximum Gasteiger partial charge on any atom is 0.162 e. The third-order valence-corrected chi connectivity index (χ3v) is 4.50. The largest absolute Gasteiger partial charge is 0.297 e. The molecule has 0 radical (unpaired) electrons. The molecule has 4 heterocycles. The third-order valence-electron chi connectivity index (χ3n) is 4.50. The number of carbonyl (C=O) groups is 1. The summed E-state index contributed by atoms with van der Waals surface area (Å²) in [6.45, 7) is 0. The van der Waals surface area contributed by atoms with Gasteiger partial charge in [0.15, 0.2) is 5.78 Å². The lowest BCUT2D eigenvalue weighted by Crippen LogP contribution is -2.25. The molecular weight excluding hydrogens is 348 g/mol. The highest BCUT2D eigenvalue weighted by Crippen LogP contribution is 2.32.